The van der Waals surface area contributed by atoms with Gasteiger partial charge in [0.15, 0.2) is 0 Å². The van der Waals surface area contributed by atoms with Crippen LogP contribution in [0.1, 0.15) is 18.5 Å². The second-order valence-electron chi connectivity index (χ2n) is 7.16. The van der Waals surface area contributed by atoms with Crippen molar-refractivity contribution in [2.75, 3.05) is 46.4 Å². The fourth-order valence-electron chi connectivity index (χ4n) is 3.68. The van der Waals surface area contributed by atoms with E-state index in [0.717, 1.165) is 54.5 Å². The van der Waals surface area contributed by atoms with Gasteiger partial charge in [0.05, 0.1) is 12.8 Å². The molecule has 7 nitrogen and oxygen atoms in total. The predicted molar refractivity (Wildman–Crippen MR) is 111 cm³/mol. The summed E-state index contributed by atoms with van der Waals surface area (Å²) >= 11 is 1.63. The normalized spacial score (nSPS) is 19.9. The van der Waals surface area contributed by atoms with Crippen molar-refractivity contribution < 1.29 is 13.2 Å². The van der Waals surface area contributed by atoms with Crippen molar-refractivity contribution in [3.05, 3.63) is 35.3 Å². The van der Waals surface area contributed by atoms with Crippen LogP contribution in [0.3, 0.4) is 0 Å². The molecule has 0 spiro atoms. The first-order chi connectivity index (χ1) is 13.6. The average molecular weight is 423 g/mol. The van der Waals surface area contributed by atoms with E-state index >= 15 is 0 Å². The summed E-state index contributed by atoms with van der Waals surface area (Å²) in [7, 11) is -1.62. The molecule has 152 valence electrons. The van der Waals surface area contributed by atoms with Gasteiger partial charge in [0.1, 0.15) is 10.8 Å². The Bertz CT molecular complexity index is 884. The monoisotopic (exact) mass is 422 g/mol. The molecule has 0 amide bonds. The number of hydrogen-bond acceptors (Lipinski definition) is 6. The number of methoxy groups -OCH3 is 1. The fraction of sp³-hybridized carbons (Fsp3) is 0.526. The Balaban J connectivity index is 1.33. The third kappa shape index (κ3) is 4.23. The molecule has 28 heavy (non-hydrogen) atoms. The molecule has 9 heteroatoms. The van der Waals surface area contributed by atoms with Crippen molar-refractivity contribution in [3.8, 4) is 16.3 Å². The summed E-state index contributed by atoms with van der Waals surface area (Å²) in [5.41, 5.74) is 2.12. The lowest BCUT2D eigenvalue weighted by molar-refractivity contribution is 0.175. The minimum Gasteiger partial charge on any atom is -0.497 e. The topological polar surface area (TPSA) is 66.0 Å². The van der Waals surface area contributed by atoms with Gasteiger partial charge in [-0.3, -0.25) is 4.90 Å². The third-order valence-corrected chi connectivity index (χ3v) is 8.30. The summed E-state index contributed by atoms with van der Waals surface area (Å²) in [6.45, 7) is 4.66. The first-order valence-corrected chi connectivity index (χ1v) is 11.9. The molecule has 0 aliphatic carbocycles. The number of hydrogen-bond donors (Lipinski definition) is 0. The van der Waals surface area contributed by atoms with Crippen LogP contribution < -0.4 is 4.74 Å². The fourth-order valence-corrected chi connectivity index (χ4v) is 6.16. The summed E-state index contributed by atoms with van der Waals surface area (Å²) in [4.78, 5) is 7.04. The van der Waals surface area contributed by atoms with Gasteiger partial charge in [-0.15, -0.1) is 11.3 Å². The van der Waals surface area contributed by atoms with Crippen molar-refractivity contribution in [1.29, 1.82) is 0 Å². The Hall–Kier alpha value is -1.52. The predicted octanol–water partition coefficient (Wildman–Crippen LogP) is 2.28. The summed E-state index contributed by atoms with van der Waals surface area (Å²) in [5, 5.41) is 3.08. The van der Waals surface area contributed by atoms with Crippen LogP contribution >= 0.6 is 11.3 Å². The molecule has 4 rings (SSSR count). The lowest BCUT2D eigenvalue weighted by atomic mass is 10.2. The van der Waals surface area contributed by atoms with Crippen molar-refractivity contribution in [1.82, 2.24) is 18.5 Å². The highest BCUT2D eigenvalue weighted by atomic mass is 32.2. The van der Waals surface area contributed by atoms with Gasteiger partial charge in [0, 0.05) is 56.8 Å². The second-order valence-corrected chi connectivity index (χ2v) is 9.95. The summed E-state index contributed by atoms with van der Waals surface area (Å²) in [6, 6.07) is 7.92. The highest BCUT2D eigenvalue weighted by Crippen LogP contribution is 2.26. The van der Waals surface area contributed by atoms with E-state index in [-0.39, 0.29) is 0 Å². The molecule has 2 aliphatic heterocycles. The van der Waals surface area contributed by atoms with E-state index in [4.69, 9.17) is 9.72 Å². The molecule has 0 bridgehead atoms. The van der Waals surface area contributed by atoms with E-state index in [1.807, 2.05) is 24.3 Å². The third-order valence-electron chi connectivity index (χ3n) is 5.32. The van der Waals surface area contributed by atoms with Crippen LogP contribution in [0, 0.1) is 0 Å². The lowest BCUT2D eigenvalue weighted by Crippen LogP contribution is -2.52. The number of piperazine rings is 1. The van der Waals surface area contributed by atoms with Crippen LogP contribution in [0.4, 0.5) is 0 Å². The zero-order valence-electron chi connectivity index (χ0n) is 16.1. The lowest BCUT2D eigenvalue weighted by Gasteiger charge is -2.35. The maximum atomic E-state index is 12.7. The van der Waals surface area contributed by atoms with Crippen LogP contribution in [-0.4, -0.2) is 73.3 Å². The molecule has 0 N–H and O–H groups in total. The van der Waals surface area contributed by atoms with E-state index in [1.165, 1.54) is 0 Å². The molecular formula is C19H26N4O3S2. The quantitative estimate of drug-likeness (QED) is 0.715. The number of rotatable bonds is 6. The van der Waals surface area contributed by atoms with Gasteiger partial charge in [-0.25, -0.2) is 4.98 Å². The molecule has 0 radical (unpaired) electrons. The Morgan fingerprint density at radius 3 is 2.29 bits per heavy atom. The van der Waals surface area contributed by atoms with Gasteiger partial charge in [-0.2, -0.15) is 17.0 Å². The highest BCUT2D eigenvalue weighted by Gasteiger charge is 2.33. The van der Waals surface area contributed by atoms with Gasteiger partial charge >= 0.3 is 0 Å². The highest BCUT2D eigenvalue weighted by molar-refractivity contribution is 7.86. The molecule has 1 aromatic carbocycles. The minimum atomic E-state index is -3.28. The van der Waals surface area contributed by atoms with Crippen LogP contribution in [-0.2, 0) is 16.8 Å². The number of nitrogens with zero attached hydrogens (tertiary/aromatic N) is 4. The van der Waals surface area contributed by atoms with E-state index in [2.05, 4.69) is 10.3 Å². The van der Waals surface area contributed by atoms with Gasteiger partial charge in [-0.1, -0.05) is 0 Å². The Kier molecular flexibility index (Phi) is 5.98. The smallest absolute Gasteiger partial charge is 0.282 e. The van der Waals surface area contributed by atoms with E-state index in [0.29, 0.717) is 26.2 Å². The van der Waals surface area contributed by atoms with Gasteiger partial charge in [-0.05, 0) is 37.1 Å². The van der Waals surface area contributed by atoms with E-state index in [1.54, 1.807) is 27.1 Å². The molecule has 0 saturated carbocycles. The van der Waals surface area contributed by atoms with E-state index < -0.39 is 10.2 Å². The molecule has 2 saturated heterocycles. The average Bonchev–Trinajstić information content (AvgIpc) is 3.41. The number of thiazole rings is 1. The Labute approximate surface area is 170 Å². The standard InChI is InChI=1S/C19H26N4O3S2/c1-26-18-6-4-16(5-7-18)19-20-17(15-27-19)14-21-10-12-23(13-11-21)28(24,25)22-8-2-3-9-22/h4-7,15H,2-3,8-14H2,1H3. The number of ether oxygens (including phenoxy) is 1. The molecular weight excluding hydrogens is 396 g/mol. The number of benzene rings is 1. The largest absolute Gasteiger partial charge is 0.497 e. The second kappa shape index (κ2) is 8.46. The van der Waals surface area contributed by atoms with Crippen molar-refractivity contribution in [3.63, 3.8) is 0 Å². The zero-order chi connectivity index (χ0) is 19.6. The summed E-state index contributed by atoms with van der Waals surface area (Å²) in [6.07, 6.45) is 1.94. The van der Waals surface area contributed by atoms with Gasteiger partial charge in [0.25, 0.3) is 10.2 Å². The molecule has 2 fully saturated rings. The molecule has 0 atom stereocenters. The Morgan fingerprint density at radius 2 is 1.64 bits per heavy atom. The van der Waals surface area contributed by atoms with Crippen LogP contribution in [0.15, 0.2) is 29.6 Å². The van der Waals surface area contributed by atoms with Crippen molar-refractivity contribution in [2.24, 2.45) is 0 Å². The molecule has 2 aromatic rings. The van der Waals surface area contributed by atoms with Gasteiger partial charge < -0.3 is 4.74 Å². The molecule has 3 heterocycles. The van der Waals surface area contributed by atoms with Crippen LogP contribution in [0.2, 0.25) is 0 Å². The SMILES string of the molecule is COc1ccc(-c2nc(CN3CCN(S(=O)(=O)N4CCCC4)CC3)cs2)cc1. The molecule has 2 aliphatic rings. The van der Waals surface area contributed by atoms with Crippen LogP contribution in [0.5, 0.6) is 5.75 Å². The first-order valence-electron chi connectivity index (χ1n) is 9.63. The van der Waals surface area contributed by atoms with Crippen molar-refractivity contribution >= 4 is 21.5 Å². The molecule has 0 unspecified atom stereocenters. The summed E-state index contributed by atoms with van der Waals surface area (Å²) < 4.78 is 33.8. The Morgan fingerprint density at radius 1 is 1.00 bits per heavy atom. The van der Waals surface area contributed by atoms with Gasteiger partial charge in [0.2, 0.25) is 0 Å². The summed E-state index contributed by atoms with van der Waals surface area (Å²) in [5.74, 6) is 0.835. The molecule has 1 aromatic heterocycles. The van der Waals surface area contributed by atoms with Crippen LogP contribution in [0.25, 0.3) is 10.6 Å². The van der Waals surface area contributed by atoms with Crippen molar-refractivity contribution in [2.45, 2.75) is 19.4 Å². The first kappa shape index (κ1) is 19.8. The van der Waals surface area contributed by atoms with E-state index in [9.17, 15) is 8.42 Å². The zero-order valence-corrected chi connectivity index (χ0v) is 17.7. The maximum Gasteiger partial charge on any atom is 0.282 e. The number of aromatic nitrogens is 1. The minimum absolute atomic E-state index is 0.550. The maximum absolute atomic E-state index is 12.7.